The van der Waals surface area contributed by atoms with Crippen molar-refractivity contribution < 1.29 is 17.6 Å². The van der Waals surface area contributed by atoms with Crippen LogP contribution in [0.15, 0.2) is 77.7 Å². The maximum atomic E-state index is 13.4. The number of hydrogen-bond acceptors (Lipinski definition) is 3. The Labute approximate surface area is 168 Å². The number of halogens is 1. The molecule has 3 aromatic carbocycles. The van der Waals surface area contributed by atoms with Gasteiger partial charge in [-0.2, -0.15) is 0 Å². The SMILES string of the molecule is O=C(NC1CC1)c1ccc(NS(=O)(=O)c2ccc(-c3cccc(F)c3)cc2)cc1. The lowest BCUT2D eigenvalue weighted by molar-refractivity contribution is 0.0951. The quantitative estimate of drug-likeness (QED) is 0.640. The van der Waals surface area contributed by atoms with Crippen LogP contribution in [0.5, 0.6) is 0 Å². The van der Waals surface area contributed by atoms with Gasteiger partial charge >= 0.3 is 0 Å². The number of rotatable bonds is 6. The zero-order chi connectivity index (χ0) is 20.4. The van der Waals surface area contributed by atoms with Gasteiger partial charge in [-0.3, -0.25) is 9.52 Å². The van der Waals surface area contributed by atoms with Crippen LogP contribution in [0, 0.1) is 5.82 Å². The van der Waals surface area contributed by atoms with Gasteiger partial charge in [0.05, 0.1) is 4.90 Å². The number of amides is 1. The zero-order valence-corrected chi connectivity index (χ0v) is 16.2. The Bertz CT molecular complexity index is 1140. The van der Waals surface area contributed by atoms with Gasteiger partial charge in [0.25, 0.3) is 15.9 Å². The van der Waals surface area contributed by atoms with Crippen molar-refractivity contribution in [3.8, 4) is 11.1 Å². The minimum absolute atomic E-state index is 0.0909. The maximum absolute atomic E-state index is 13.4. The van der Waals surface area contributed by atoms with Crippen LogP contribution >= 0.6 is 0 Å². The molecule has 0 bridgehead atoms. The molecule has 4 rings (SSSR count). The highest BCUT2D eigenvalue weighted by atomic mass is 32.2. The molecular weight excluding hydrogens is 391 g/mol. The molecule has 0 aliphatic heterocycles. The van der Waals surface area contributed by atoms with Crippen LogP contribution in [0.2, 0.25) is 0 Å². The van der Waals surface area contributed by atoms with Crippen molar-refractivity contribution >= 4 is 21.6 Å². The molecule has 0 unspecified atom stereocenters. The van der Waals surface area contributed by atoms with Gasteiger partial charge in [-0.05, 0) is 72.5 Å². The van der Waals surface area contributed by atoms with Gasteiger partial charge in [-0.15, -0.1) is 0 Å². The molecule has 0 radical (unpaired) electrons. The van der Waals surface area contributed by atoms with E-state index < -0.39 is 10.0 Å². The summed E-state index contributed by atoms with van der Waals surface area (Å²) in [7, 11) is -3.79. The molecule has 1 amide bonds. The molecule has 1 fully saturated rings. The molecule has 7 heteroatoms. The average molecular weight is 410 g/mol. The number of hydrogen-bond donors (Lipinski definition) is 2. The Kier molecular flexibility index (Phi) is 5.07. The normalized spacial score (nSPS) is 13.7. The Morgan fingerprint density at radius 2 is 1.59 bits per heavy atom. The van der Waals surface area contributed by atoms with E-state index in [0.717, 1.165) is 18.4 Å². The van der Waals surface area contributed by atoms with Gasteiger partial charge in [0.15, 0.2) is 0 Å². The summed E-state index contributed by atoms with van der Waals surface area (Å²) in [5.74, 6) is -0.509. The third-order valence-corrected chi connectivity index (χ3v) is 6.03. The molecule has 1 saturated carbocycles. The third kappa shape index (κ3) is 4.63. The second-order valence-corrected chi connectivity index (χ2v) is 8.65. The average Bonchev–Trinajstić information content (AvgIpc) is 3.52. The largest absolute Gasteiger partial charge is 0.349 e. The highest BCUT2D eigenvalue weighted by molar-refractivity contribution is 7.92. The number of anilines is 1. The molecule has 2 N–H and O–H groups in total. The maximum Gasteiger partial charge on any atom is 0.261 e. The van der Waals surface area contributed by atoms with Crippen LogP contribution < -0.4 is 10.0 Å². The zero-order valence-electron chi connectivity index (χ0n) is 15.4. The van der Waals surface area contributed by atoms with Crippen LogP contribution in [0.4, 0.5) is 10.1 Å². The summed E-state index contributed by atoms with van der Waals surface area (Å²) in [6.07, 6.45) is 2.00. The van der Waals surface area contributed by atoms with Crippen LogP contribution in [-0.2, 0) is 10.0 Å². The summed E-state index contributed by atoms with van der Waals surface area (Å²) in [4.78, 5) is 12.1. The van der Waals surface area contributed by atoms with Crippen LogP contribution in [0.3, 0.4) is 0 Å². The highest BCUT2D eigenvalue weighted by Crippen LogP contribution is 2.24. The van der Waals surface area contributed by atoms with Gasteiger partial charge in [-0.1, -0.05) is 24.3 Å². The molecule has 1 aliphatic carbocycles. The number of carbonyl (C=O) groups excluding carboxylic acids is 1. The molecule has 0 aromatic heterocycles. The first-order valence-electron chi connectivity index (χ1n) is 9.20. The smallest absolute Gasteiger partial charge is 0.261 e. The summed E-state index contributed by atoms with van der Waals surface area (Å²) < 4.78 is 41.1. The molecule has 3 aromatic rings. The van der Waals surface area contributed by atoms with Crippen molar-refractivity contribution in [2.75, 3.05) is 4.72 Å². The lowest BCUT2D eigenvalue weighted by atomic mass is 10.1. The first-order chi connectivity index (χ1) is 13.9. The minimum Gasteiger partial charge on any atom is -0.349 e. The summed E-state index contributed by atoms with van der Waals surface area (Å²) >= 11 is 0. The van der Waals surface area contributed by atoms with E-state index in [1.807, 2.05) is 0 Å². The van der Waals surface area contributed by atoms with Crippen molar-refractivity contribution in [2.24, 2.45) is 0 Å². The van der Waals surface area contributed by atoms with E-state index in [0.29, 0.717) is 16.8 Å². The molecular formula is C22H19FN2O3S. The van der Waals surface area contributed by atoms with Crippen molar-refractivity contribution in [3.63, 3.8) is 0 Å². The lowest BCUT2D eigenvalue weighted by Gasteiger charge is -2.10. The van der Waals surface area contributed by atoms with Crippen LogP contribution in [0.1, 0.15) is 23.2 Å². The predicted octanol–water partition coefficient (Wildman–Crippen LogP) is 4.19. The van der Waals surface area contributed by atoms with Gasteiger partial charge in [0.2, 0.25) is 0 Å². The van der Waals surface area contributed by atoms with E-state index >= 15 is 0 Å². The van der Waals surface area contributed by atoms with Gasteiger partial charge in [0, 0.05) is 17.3 Å². The van der Waals surface area contributed by atoms with E-state index in [1.165, 1.54) is 24.3 Å². The molecule has 148 valence electrons. The number of nitrogens with one attached hydrogen (secondary N) is 2. The monoisotopic (exact) mass is 410 g/mol. The van der Waals surface area contributed by atoms with Crippen LogP contribution in [0.25, 0.3) is 11.1 Å². The second-order valence-electron chi connectivity index (χ2n) is 6.97. The number of benzene rings is 3. The van der Waals surface area contributed by atoms with E-state index in [1.54, 1.807) is 48.5 Å². The Morgan fingerprint density at radius 1 is 0.897 bits per heavy atom. The number of carbonyl (C=O) groups is 1. The fourth-order valence-corrected chi connectivity index (χ4v) is 3.95. The van der Waals surface area contributed by atoms with Crippen molar-refractivity contribution in [3.05, 3.63) is 84.2 Å². The first-order valence-corrected chi connectivity index (χ1v) is 10.7. The topological polar surface area (TPSA) is 75.3 Å². The molecule has 5 nitrogen and oxygen atoms in total. The van der Waals surface area contributed by atoms with E-state index in [2.05, 4.69) is 10.0 Å². The fourth-order valence-electron chi connectivity index (χ4n) is 2.89. The highest BCUT2D eigenvalue weighted by Gasteiger charge is 2.23. The summed E-state index contributed by atoms with van der Waals surface area (Å²) in [6.45, 7) is 0. The van der Waals surface area contributed by atoms with E-state index in [4.69, 9.17) is 0 Å². The summed E-state index contributed by atoms with van der Waals surface area (Å²) in [5.41, 5.74) is 2.23. The molecule has 0 atom stereocenters. The minimum atomic E-state index is -3.79. The molecule has 0 saturated heterocycles. The van der Waals surface area contributed by atoms with Gasteiger partial charge < -0.3 is 5.32 Å². The lowest BCUT2D eigenvalue weighted by Crippen LogP contribution is -2.25. The summed E-state index contributed by atoms with van der Waals surface area (Å²) in [5, 5.41) is 2.88. The first kappa shape index (κ1) is 19.1. The van der Waals surface area contributed by atoms with Crippen molar-refractivity contribution in [1.82, 2.24) is 5.32 Å². The van der Waals surface area contributed by atoms with Crippen LogP contribution in [-0.4, -0.2) is 20.4 Å². The van der Waals surface area contributed by atoms with Gasteiger partial charge in [0.1, 0.15) is 5.82 Å². The molecule has 1 aliphatic rings. The fraction of sp³-hybridized carbons (Fsp3) is 0.136. The summed E-state index contributed by atoms with van der Waals surface area (Å²) in [6, 6.07) is 18.9. The number of sulfonamides is 1. The van der Waals surface area contributed by atoms with Crippen molar-refractivity contribution in [2.45, 2.75) is 23.8 Å². The predicted molar refractivity (Wildman–Crippen MR) is 110 cm³/mol. The molecule has 0 spiro atoms. The van der Waals surface area contributed by atoms with Gasteiger partial charge in [-0.25, -0.2) is 12.8 Å². The second kappa shape index (κ2) is 7.67. The third-order valence-electron chi connectivity index (χ3n) is 4.63. The Morgan fingerprint density at radius 3 is 2.21 bits per heavy atom. The van der Waals surface area contributed by atoms with Crippen molar-refractivity contribution in [1.29, 1.82) is 0 Å². The standard InChI is InChI=1S/C22H19FN2O3S/c23-18-3-1-2-17(14-18)15-6-12-21(13-7-15)29(27,28)25-20-8-4-16(5-9-20)22(26)24-19-10-11-19/h1-9,12-14,19,25H,10-11H2,(H,24,26). The van der Waals surface area contributed by atoms with E-state index in [-0.39, 0.29) is 22.7 Å². The Balaban J connectivity index is 1.47. The molecule has 29 heavy (non-hydrogen) atoms. The molecule has 0 heterocycles. The van der Waals surface area contributed by atoms with E-state index in [9.17, 15) is 17.6 Å². The Hall–Kier alpha value is -3.19.